The van der Waals surface area contributed by atoms with Crippen molar-refractivity contribution < 1.29 is 19.6 Å². The number of aryl methyl sites for hydroxylation is 1. The molecule has 1 saturated heterocycles. The minimum Gasteiger partial charge on any atom is -0.481 e. The lowest BCUT2D eigenvalue weighted by atomic mass is 9.93. The maximum absolute atomic E-state index is 12.3. The summed E-state index contributed by atoms with van der Waals surface area (Å²) in [4.78, 5) is 35.1. The van der Waals surface area contributed by atoms with Crippen LogP contribution >= 0.6 is 0 Å². The number of piperidine rings is 1. The predicted octanol–water partition coefficient (Wildman–Crippen LogP) is 2.63. The van der Waals surface area contributed by atoms with Crippen LogP contribution in [0, 0.1) is 16.0 Å². The molecular weight excluding hydrogens is 312 g/mol. The molecule has 0 bridgehead atoms. The number of nitrogens with zero attached hydrogens (tertiary/aromatic N) is 2. The number of carboxylic acid groups (broad SMARTS) is 1. The van der Waals surface area contributed by atoms with E-state index in [1.807, 2.05) is 0 Å². The standard InChI is InChI=1S/C17H22N2O5/c20-16(8-6-13-3-1-5-15(11-13)19(23)24)18-10-2-4-14(12-18)7-9-17(21)22/h1,3,5,11,14H,2,4,6-10,12H2,(H,21,22). The highest BCUT2D eigenvalue weighted by molar-refractivity contribution is 5.76. The summed E-state index contributed by atoms with van der Waals surface area (Å²) in [5.41, 5.74) is 0.809. The molecular formula is C17H22N2O5. The van der Waals surface area contributed by atoms with Crippen molar-refractivity contribution in [2.24, 2.45) is 5.92 Å². The van der Waals surface area contributed by atoms with Crippen molar-refractivity contribution in [3.05, 3.63) is 39.9 Å². The molecule has 1 aromatic carbocycles. The molecule has 0 aliphatic carbocycles. The van der Waals surface area contributed by atoms with E-state index < -0.39 is 10.9 Å². The Morgan fingerprint density at radius 2 is 2.12 bits per heavy atom. The van der Waals surface area contributed by atoms with E-state index in [4.69, 9.17) is 5.11 Å². The van der Waals surface area contributed by atoms with Crippen LogP contribution in [0.4, 0.5) is 5.69 Å². The Kier molecular flexibility index (Phi) is 6.28. The highest BCUT2D eigenvalue weighted by Gasteiger charge is 2.23. The molecule has 1 N–H and O–H groups in total. The van der Waals surface area contributed by atoms with Crippen molar-refractivity contribution in [3.8, 4) is 0 Å². The van der Waals surface area contributed by atoms with Gasteiger partial charge in [0.1, 0.15) is 0 Å². The second kappa shape index (κ2) is 8.42. The average Bonchev–Trinajstić information content (AvgIpc) is 2.58. The van der Waals surface area contributed by atoms with Gasteiger partial charge in [0.25, 0.3) is 5.69 Å². The molecule has 0 radical (unpaired) electrons. The molecule has 130 valence electrons. The summed E-state index contributed by atoms with van der Waals surface area (Å²) in [6, 6.07) is 6.34. The van der Waals surface area contributed by atoms with Gasteiger partial charge in [0, 0.05) is 38.1 Å². The summed E-state index contributed by atoms with van der Waals surface area (Å²) < 4.78 is 0. The molecule has 1 heterocycles. The molecule has 24 heavy (non-hydrogen) atoms. The Labute approximate surface area is 140 Å². The monoisotopic (exact) mass is 334 g/mol. The van der Waals surface area contributed by atoms with Gasteiger partial charge in [-0.1, -0.05) is 12.1 Å². The quantitative estimate of drug-likeness (QED) is 0.610. The third kappa shape index (κ3) is 5.33. The number of nitro groups is 1. The van der Waals surface area contributed by atoms with Crippen molar-refractivity contribution in [2.75, 3.05) is 13.1 Å². The lowest BCUT2D eigenvalue weighted by Crippen LogP contribution is -2.40. The Bertz CT molecular complexity index is 617. The molecule has 1 atom stereocenters. The van der Waals surface area contributed by atoms with Gasteiger partial charge in [0.05, 0.1) is 4.92 Å². The van der Waals surface area contributed by atoms with Gasteiger partial charge in [-0.25, -0.2) is 0 Å². The van der Waals surface area contributed by atoms with Gasteiger partial charge >= 0.3 is 5.97 Å². The number of carbonyl (C=O) groups excluding carboxylic acids is 1. The van der Waals surface area contributed by atoms with Gasteiger partial charge < -0.3 is 10.0 Å². The first kappa shape index (κ1) is 17.9. The normalized spacial score (nSPS) is 17.5. The number of non-ortho nitro benzene ring substituents is 1. The number of benzene rings is 1. The Balaban J connectivity index is 1.84. The van der Waals surface area contributed by atoms with Crippen LogP contribution in [0.3, 0.4) is 0 Å². The van der Waals surface area contributed by atoms with E-state index in [0.29, 0.717) is 32.4 Å². The number of carbonyl (C=O) groups is 2. The largest absolute Gasteiger partial charge is 0.481 e. The summed E-state index contributed by atoms with van der Waals surface area (Å²) in [5.74, 6) is -0.526. The molecule has 1 fully saturated rings. The van der Waals surface area contributed by atoms with Crippen molar-refractivity contribution >= 4 is 17.6 Å². The van der Waals surface area contributed by atoms with Gasteiger partial charge in [0.15, 0.2) is 0 Å². The zero-order chi connectivity index (χ0) is 17.5. The average molecular weight is 334 g/mol. The fourth-order valence-electron chi connectivity index (χ4n) is 3.09. The zero-order valence-electron chi connectivity index (χ0n) is 13.5. The second-order valence-electron chi connectivity index (χ2n) is 6.21. The Morgan fingerprint density at radius 1 is 1.33 bits per heavy atom. The topological polar surface area (TPSA) is 101 Å². The van der Waals surface area contributed by atoms with Crippen molar-refractivity contribution in [2.45, 2.75) is 38.5 Å². The number of rotatable bonds is 7. The van der Waals surface area contributed by atoms with Crippen LogP contribution in [0.5, 0.6) is 0 Å². The molecule has 7 heteroatoms. The lowest BCUT2D eigenvalue weighted by molar-refractivity contribution is -0.384. The van der Waals surface area contributed by atoms with Crippen LogP contribution in [0.2, 0.25) is 0 Å². The van der Waals surface area contributed by atoms with E-state index in [2.05, 4.69) is 0 Å². The van der Waals surface area contributed by atoms with E-state index in [-0.39, 0.29) is 23.9 Å². The van der Waals surface area contributed by atoms with Crippen LogP contribution in [-0.4, -0.2) is 39.9 Å². The highest BCUT2D eigenvalue weighted by Crippen LogP contribution is 2.22. The summed E-state index contributed by atoms with van der Waals surface area (Å²) in [6.07, 6.45) is 3.38. The number of hydrogen-bond donors (Lipinski definition) is 1. The van der Waals surface area contributed by atoms with Gasteiger partial charge in [-0.3, -0.25) is 19.7 Å². The minimum atomic E-state index is -0.802. The second-order valence-corrected chi connectivity index (χ2v) is 6.21. The zero-order valence-corrected chi connectivity index (χ0v) is 13.5. The molecule has 1 aromatic rings. The molecule has 1 amide bonds. The number of carboxylic acids is 1. The lowest BCUT2D eigenvalue weighted by Gasteiger charge is -2.32. The van der Waals surface area contributed by atoms with Gasteiger partial charge in [-0.15, -0.1) is 0 Å². The van der Waals surface area contributed by atoms with E-state index in [0.717, 1.165) is 18.4 Å². The summed E-state index contributed by atoms with van der Waals surface area (Å²) in [6.45, 7) is 1.32. The van der Waals surface area contributed by atoms with Crippen LogP contribution in [-0.2, 0) is 16.0 Å². The fourth-order valence-corrected chi connectivity index (χ4v) is 3.09. The molecule has 1 unspecified atom stereocenters. The number of nitro benzene ring substituents is 1. The summed E-state index contributed by atoms with van der Waals surface area (Å²) >= 11 is 0. The van der Waals surface area contributed by atoms with E-state index in [1.54, 1.807) is 17.0 Å². The fraction of sp³-hybridized carbons (Fsp3) is 0.529. The Hall–Kier alpha value is -2.44. The van der Waals surface area contributed by atoms with Gasteiger partial charge in [-0.05, 0) is 37.2 Å². The van der Waals surface area contributed by atoms with E-state index in [1.165, 1.54) is 12.1 Å². The first-order valence-corrected chi connectivity index (χ1v) is 8.18. The van der Waals surface area contributed by atoms with Crippen LogP contribution < -0.4 is 0 Å². The maximum atomic E-state index is 12.3. The maximum Gasteiger partial charge on any atom is 0.303 e. The molecule has 0 spiro atoms. The van der Waals surface area contributed by atoms with E-state index in [9.17, 15) is 19.7 Å². The van der Waals surface area contributed by atoms with Crippen LogP contribution in [0.15, 0.2) is 24.3 Å². The van der Waals surface area contributed by atoms with Gasteiger partial charge in [0.2, 0.25) is 5.91 Å². The molecule has 7 nitrogen and oxygen atoms in total. The molecule has 0 aromatic heterocycles. The molecule has 2 rings (SSSR count). The first-order valence-electron chi connectivity index (χ1n) is 8.18. The van der Waals surface area contributed by atoms with Crippen LogP contribution in [0.25, 0.3) is 0 Å². The number of likely N-dealkylation sites (tertiary alicyclic amines) is 1. The minimum absolute atomic E-state index is 0.0292. The number of aliphatic carboxylic acids is 1. The summed E-state index contributed by atoms with van der Waals surface area (Å²) in [5, 5.41) is 19.5. The smallest absolute Gasteiger partial charge is 0.303 e. The Morgan fingerprint density at radius 3 is 2.83 bits per heavy atom. The number of amides is 1. The van der Waals surface area contributed by atoms with Gasteiger partial charge in [-0.2, -0.15) is 0 Å². The third-order valence-corrected chi connectivity index (χ3v) is 4.39. The molecule has 1 aliphatic heterocycles. The molecule has 0 saturated carbocycles. The van der Waals surface area contributed by atoms with Crippen molar-refractivity contribution in [1.82, 2.24) is 4.90 Å². The SMILES string of the molecule is O=C(O)CCC1CCCN(C(=O)CCc2cccc([N+](=O)[O-])c2)C1. The van der Waals surface area contributed by atoms with Crippen molar-refractivity contribution in [1.29, 1.82) is 0 Å². The summed E-state index contributed by atoms with van der Waals surface area (Å²) in [7, 11) is 0. The van der Waals surface area contributed by atoms with E-state index >= 15 is 0 Å². The van der Waals surface area contributed by atoms with Crippen LogP contribution in [0.1, 0.15) is 37.7 Å². The third-order valence-electron chi connectivity index (χ3n) is 4.39. The number of hydrogen-bond acceptors (Lipinski definition) is 4. The first-order chi connectivity index (χ1) is 11.5. The van der Waals surface area contributed by atoms with Crippen molar-refractivity contribution in [3.63, 3.8) is 0 Å². The predicted molar refractivity (Wildman–Crippen MR) is 87.6 cm³/mol. The highest BCUT2D eigenvalue weighted by atomic mass is 16.6. The molecule has 1 aliphatic rings.